The lowest BCUT2D eigenvalue weighted by Crippen LogP contribution is -2.28. The molecule has 0 spiro atoms. The van der Waals surface area contributed by atoms with Crippen LogP contribution in [0, 0.1) is 0 Å². The summed E-state index contributed by atoms with van der Waals surface area (Å²) >= 11 is 5.88. The van der Waals surface area contributed by atoms with Crippen molar-refractivity contribution in [3.63, 3.8) is 0 Å². The second kappa shape index (κ2) is 11.1. The molecular weight excluding hydrogens is 382 g/mol. The molecule has 2 aromatic carbocycles. The van der Waals surface area contributed by atoms with Gasteiger partial charge in [-0.15, -0.1) is 0 Å². The minimum absolute atomic E-state index is 0.00843. The fraction of sp³-hybridized carbons (Fsp3) is 0.286. The highest BCUT2D eigenvalue weighted by Crippen LogP contribution is 2.13. The number of carbonyl (C=O) groups is 3. The van der Waals surface area contributed by atoms with Gasteiger partial charge < -0.3 is 14.8 Å². The van der Waals surface area contributed by atoms with Gasteiger partial charge in [0.2, 0.25) is 0 Å². The van der Waals surface area contributed by atoms with Crippen LogP contribution in [-0.2, 0) is 20.9 Å². The van der Waals surface area contributed by atoms with E-state index in [1.165, 1.54) is 6.92 Å². The summed E-state index contributed by atoms with van der Waals surface area (Å²) in [5, 5.41) is 3.25. The topological polar surface area (TPSA) is 81.7 Å². The zero-order chi connectivity index (χ0) is 20.4. The van der Waals surface area contributed by atoms with Gasteiger partial charge in [0.1, 0.15) is 5.75 Å². The van der Waals surface area contributed by atoms with E-state index in [0.29, 0.717) is 35.9 Å². The maximum atomic E-state index is 11.7. The largest absolute Gasteiger partial charge is 0.494 e. The summed E-state index contributed by atoms with van der Waals surface area (Å²) < 4.78 is 10.4. The monoisotopic (exact) mass is 403 g/mol. The summed E-state index contributed by atoms with van der Waals surface area (Å²) in [6.45, 7) is 1.81. The molecule has 0 aromatic heterocycles. The van der Waals surface area contributed by atoms with E-state index in [9.17, 15) is 14.4 Å². The van der Waals surface area contributed by atoms with Crippen LogP contribution in [-0.4, -0.2) is 30.9 Å². The van der Waals surface area contributed by atoms with Crippen molar-refractivity contribution in [2.45, 2.75) is 26.3 Å². The van der Waals surface area contributed by atoms with E-state index in [1.807, 2.05) is 6.07 Å². The number of carbonyl (C=O) groups excluding carboxylic acids is 3. The molecule has 0 aliphatic heterocycles. The summed E-state index contributed by atoms with van der Waals surface area (Å²) in [6, 6.07) is 13.9. The molecule has 0 atom stereocenters. The van der Waals surface area contributed by atoms with Crippen molar-refractivity contribution < 1.29 is 23.9 Å². The number of ketones is 1. The smallest absolute Gasteiger partial charge is 0.306 e. The molecule has 6 nitrogen and oxygen atoms in total. The lowest BCUT2D eigenvalue weighted by atomic mass is 10.1. The van der Waals surface area contributed by atoms with E-state index in [1.54, 1.807) is 42.5 Å². The highest BCUT2D eigenvalue weighted by molar-refractivity contribution is 6.30. The van der Waals surface area contributed by atoms with Crippen molar-refractivity contribution in [3.8, 4) is 5.75 Å². The number of halogens is 1. The first kappa shape index (κ1) is 21.4. The van der Waals surface area contributed by atoms with Gasteiger partial charge in [-0.2, -0.15) is 0 Å². The van der Waals surface area contributed by atoms with Crippen LogP contribution < -0.4 is 10.1 Å². The van der Waals surface area contributed by atoms with Crippen molar-refractivity contribution in [3.05, 3.63) is 64.7 Å². The number of esters is 1. The van der Waals surface area contributed by atoms with Gasteiger partial charge in [0.05, 0.1) is 6.61 Å². The molecule has 0 radical (unpaired) electrons. The summed E-state index contributed by atoms with van der Waals surface area (Å²) in [7, 11) is 0. The summed E-state index contributed by atoms with van der Waals surface area (Å²) in [4.78, 5) is 34.6. The molecule has 2 rings (SSSR count). The third kappa shape index (κ3) is 7.80. The molecule has 0 aliphatic rings. The third-order valence-corrected chi connectivity index (χ3v) is 4.03. The molecule has 2 aromatic rings. The first-order chi connectivity index (χ1) is 13.4. The summed E-state index contributed by atoms with van der Waals surface area (Å²) in [5.41, 5.74) is 1.48. The quantitative estimate of drug-likeness (QED) is 0.372. The van der Waals surface area contributed by atoms with Crippen LogP contribution in [0.15, 0.2) is 48.5 Å². The second-order valence-electron chi connectivity index (χ2n) is 6.10. The van der Waals surface area contributed by atoms with Crippen LogP contribution >= 0.6 is 11.6 Å². The first-order valence-corrected chi connectivity index (χ1v) is 9.22. The number of hydrogen-bond donors (Lipinski definition) is 1. The van der Waals surface area contributed by atoms with Gasteiger partial charge >= 0.3 is 5.97 Å². The highest BCUT2D eigenvalue weighted by Gasteiger charge is 2.08. The van der Waals surface area contributed by atoms with Crippen LogP contribution in [0.4, 0.5) is 0 Å². The van der Waals surface area contributed by atoms with Gasteiger partial charge in [-0.05, 0) is 55.3 Å². The van der Waals surface area contributed by atoms with Crippen LogP contribution in [0.3, 0.4) is 0 Å². The Kier molecular flexibility index (Phi) is 8.49. The average Bonchev–Trinajstić information content (AvgIpc) is 2.68. The minimum atomic E-state index is -0.464. The van der Waals surface area contributed by atoms with Crippen LogP contribution in [0.2, 0.25) is 5.02 Å². The molecule has 0 saturated heterocycles. The Morgan fingerprint density at radius 1 is 1.07 bits per heavy atom. The number of ether oxygens (including phenoxy) is 2. The Balaban J connectivity index is 1.58. The second-order valence-corrected chi connectivity index (χ2v) is 6.54. The Bertz CT molecular complexity index is 820. The predicted octanol–water partition coefficient (Wildman–Crippen LogP) is 3.56. The van der Waals surface area contributed by atoms with Gasteiger partial charge in [0.25, 0.3) is 5.91 Å². The van der Waals surface area contributed by atoms with Gasteiger partial charge in [-0.1, -0.05) is 23.7 Å². The Labute approximate surface area is 168 Å². The molecule has 0 bridgehead atoms. The van der Waals surface area contributed by atoms with E-state index in [0.717, 1.165) is 5.56 Å². The van der Waals surface area contributed by atoms with E-state index in [4.69, 9.17) is 21.1 Å². The maximum absolute atomic E-state index is 11.7. The van der Waals surface area contributed by atoms with Crippen molar-refractivity contribution >= 4 is 29.3 Å². The molecule has 0 aliphatic carbocycles. The molecule has 1 N–H and O–H groups in total. The highest BCUT2D eigenvalue weighted by atomic mass is 35.5. The number of rotatable bonds is 10. The number of amides is 1. The van der Waals surface area contributed by atoms with E-state index in [-0.39, 0.29) is 24.7 Å². The molecule has 0 fully saturated rings. The maximum Gasteiger partial charge on any atom is 0.306 e. The van der Waals surface area contributed by atoms with Crippen LogP contribution in [0.25, 0.3) is 0 Å². The fourth-order valence-corrected chi connectivity index (χ4v) is 2.52. The molecule has 0 unspecified atom stereocenters. The van der Waals surface area contributed by atoms with Gasteiger partial charge in [-0.25, -0.2) is 0 Å². The number of Topliss-reactive ketones (excluding diaryl/α,β-unsaturated/α-hetero) is 1. The molecule has 7 heteroatoms. The summed E-state index contributed by atoms with van der Waals surface area (Å²) in [6.07, 6.45) is 0.602. The minimum Gasteiger partial charge on any atom is -0.494 e. The Hall–Kier alpha value is -2.86. The molecule has 1 amide bonds. The van der Waals surface area contributed by atoms with E-state index in [2.05, 4.69) is 5.32 Å². The number of hydrogen-bond acceptors (Lipinski definition) is 5. The predicted molar refractivity (Wildman–Crippen MR) is 105 cm³/mol. The molecule has 0 heterocycles. The Morgan fingerprint density at radius 3 is 2.50 bits per heavy atom. The molecule has 0 saturated carbocycles. The average molecular weight is 404 g/mol. The number of benzene rings is 2. The van der Waals surface area contributed by atoms with Gasteiger partial charge in [0, 0.05) is 23.6 Å². The van der Waals surface area contributed by atoms with Crippen molar-refractivity contribution in [1.82, 2.24) is 5.32 Å². The standard InChI is InChI=1S/C21H22ClNO5/c1-15(24)17-7-9-19(10-8-17)27-11-3-6-21(26)28-14-20(25)23-13-16-4-2-5-18(22)12-16/h2,4-5,7-10,12H,3,6,11,13-14H2,1H3,(H,23,25). The molecule has 28 heavy (non-hydrogen) atoms. The van der Waals surface area contributed by atoms with E-state index < -0.39 is 5.97 Å². The number of nitrogens with one attached hydrogen (secondary N) is 1. The van der Waals surface area contributed by atoms with Crippen molar-refractivity contribution in [1.29, 1.82) is 0 Å². The Morgan fingerprint density at radius 2 is 1.82 bits per heavy atom. The van der Waals surface area contributed by atoms with Gasteiger partial charge in [0.15, 0.2) is 12.4 Å². The summed E-state index contributed by atoms with van der Waals surface area (Å²) in [5.74, 6) is -0.228. The molecular formula is C21H22ClNO5. The molecule has 148 valence electrons. The van der Waals surface area contributed by atoms with Crippen LogP contribution in [0.1, 0.15) is 35.7 Å². The fourth-order valence-electron chi connectivity index (χ4n) is 2.31. The van der Waals surface area contributed by atoms with E-state index >= 15 is 0 Å². The zero-order valence-corrected chi connectivity index (χ0v) is 16.3. The van der Waals surface area contributed by atoms with Gasteiger partial charge in [-0.3, -0.25) is 14.4 Å². The lowest BCUT2D eigenvalue weighted by molar-refractivity contribution is -0.148. The third-order valence-electron chi connectivity index (χ3n) is 3.80. The first-order valence-electron chi connectivity index (χ1n) is 8.84. The lowest BCUT2D eigenvalue weighted by Gasteiger charge is -2.08. The van der Waals surface area contributed by atoms with Crippen molar-refractivity contribution in [2.24, 2.45) is 0 Å². The SMILES string of the molecule is CC(=O)c1ccc(OCCCC(=O)OCC(=O)NCc2cccc(Cl)c2)cc1. The zero-order valence-electron chi connectivity index (χ0n) is 15.6. The normalized spacial score (nSPS) is 10.2. The van der Waals surface area contributed by atoms with Crippen molar-refractivity contribution in [2.75, 3.05) is 13.2 Å². The van der Waals surface area contributed by atoms with Crippen LogP contribution in [0.5, 0.6) is 5.75 Å².